The third-order valence-electron chi connectivity index (χ3n) is 4.77. The molecule has 2 aromatic rings. The zero-order valence-electron chi connectivity index (χ0n) is 16.5. The van der Waals surface area contributed by atoms with Crippen LogP contribution in [-0.4, -0.2) is 54.4 Å². The first-order chi connectivity index (χ1) is 14.9. The molecular weight excluding hydrogens is 424 g/mol. The first-order valence-electron chi connectivity index (χ1n) is 9.53. The van der Waals surface area contributed by atoms with Gasteiger partial charge >= 0.3 is 0 Å². The van der Waals surface area contributed by atoms with Crippen molar-refractivity contribution in [3.8, 4) is 0 Å². The number of para-hydroxylation sites is 1. The highest BCUT2D eigenvalue weighted by atomic mass is 35.5. The molecule has 1 amide bonds. The van der Waals surface area contributed by atoms with Crippen LogP contribution >= 0.6 is 11.6 Å². The zero-order valence-corrected chi connectivity index (χ0v) is 17.3. The first-order valence-corrected chi connectivity index (χ1v) is 9.91. The predicted octanol–water partition coefficient (Wildman–Crippen LogP) is 2.61. The maximum absolute atomic E-state index is 13.5. The van der Waals surface area contributed by atoms with Gasteiger partial charge in [0, 0.05) is 48.7 Å². The Hall–Kier alpha value is -3.27. The highest BCUT2D eigenvalue weighted by Gasteiger charge is 2.30. The molecular formula is C21H21ClN4O5. The van der Waals surface area contributed by atoms with Crippen LogP contribution in [0.5, 0.6) is 0 Å². The summed E-state index contributed by atoms with van der Waals surface area (Å²) in [5.74, 6) is -1.42. The number of non-ortho nitro benzene ring substituents is 1. The van der Waals surface area contributed by atoms with Crippen molar-refractivity contribution in [1.82, 2.24) is 4.90 Å². The van der Waals surface area contributed by atoms with Crippen LogP contribution in [0.25, 0.3) is 0 Å². The molecule has 31 heavy (non-hydrogen) atoms. The molecule has 10 heteroatoms. The van der Waals surface area contributed by atoms with E-state index in [1.807, 2.05) is 4.90 Å². The first kappa shape index (κ1) is 22.4. The minimum atomic E-state index is -0.742. The number of nitrogens with two attached hydrogens (primary N) is 1. The SMILES string of the molecule is NC/C(=C(/C(=O)Nc1ccccc1)C(=O)c1cc([N+](=O)[O-])ccc1Cl)N1CCOCC1. The normalized spacial score (nSPS) is 14.6. The van der Waals surface area contributed by atoms with Gasteiger partial charge in [-0.25, -0.2) is 0 Å². The van der Waals surface area contributed by atoms with Crippen molar-refractivity contribution in [2.24, 2.45) is 5.73 Å². The minimum Gasteiger partial charge on any atom is -0.378 e. The molecule has 0 unspecified atom stereocenters. The Morgan fingerprint density at radius 3 is 2.45 bits per heavy atom. The van der Waals surface area contributed by atoms with Crippen molar-refractivity contribution in [2.45, 2.75) is 0 Å². The monoisotopic (exact) mass is 444 g/mol. The number of nitrogens with zero attached hydrogens (tertiary/aromatic N) is 2. The molecule has 0 radical (unpaired) electrons. The quantitative estimate of drug-likeness (QED) is 0.168. The molecule has 0 spiro atoms. The molecule has 3 N–H and O–H groups in total. The number of benzene rings is 2. The Bertz CT molecular complexity index is 1020. The number of hydrogen-bond acceptors (Lipinski definition) is 7. The fraction of sp³-hybridized carbons (Fsp3) is 0.238. The Balaban J connectivity index is 2.09. The number of anilines is 1. The fourth-order valence-corrected chi connectivity index (χ4v) is 3.44. The molecule has 0 aliphatic carbocycles. The van der Waals surface area contributed by atoms with E-state index < -0.39 is 16.6 Å². The van der Waals surface area contributed by atoms with Crippen LogP contribution in [0.15, 0.2) is 59.8 Å². The van der Waals surface area contributed by atoms with E-state index in [-0.39, 0.29) is 28.4 Å². The molecule has 162 valence electrons. The molecule has 1 aliphatic heterocycles. The number of rotatable bonds is 7. The predicted molar refractivity (Wildman–Crippen MR) is 116 cm³/mol. The Labute approximate surface area is 183 Å². The second-order valence-corrected chi connectivity index (χ2v) is 7.10. The van der Waals surface area contributed by atoms with Crippen LogP contribution in [0, 0.1) is 10.1 Å². The Kier molecular flexibility index (Phi) is 7.35. The molecule has 0 bridgehead atoms. The van der Waals surface area contributed by atoms with Crippen molar-refractivity contribution in [1.29, 1.82) is 0 Å². The second-order valence-electron chi connectivity index (χ2n) is 6.70. The van der Waals surface area contributed by atoms with Crippen molar-refractivity contribution in [2.75, 3.05) is 38.2 Å². The zero-order chi connectivity index (χ0) is 22.4. The number of hydrogen-bond donors (Lipinski definition) is 2. The van der Waals surface area contributed by atoms with Crippen LogP contribution in [0.4, 0.5) is 11.4 Å². The van der Waals surface area contributed by atoms with Crippen LogP contribution in [-0.2, 0) is 9.53 Å². The van der Waals surface area contributed by atoms with Crippen molar-refractivity contribution in [3.63, 3.8) is 0 Å². The molecule has 1 saturated heterocycles. The number of nitro benzene ring substituents is 1. The largest absolute Gasteiger partial charge is 0.378 e. The number of carbonyl (C=O) groups is 2. The van der Waals surface area contributed by atoms with Gasteiger partial charge in [-0.05, 0) is 18.2 Å². The maximum atomic E-state index is 13.5. The molecule has 9 nitrogen and oxygen atoms in total. The van der Waals surface area contributed by atoms with Gasteiger partial charge in [-0.3, -0.25) is 19.7 Å². The van der Waals surface area contributed by atoms with Crippen molar-refractivity contribution < 1.29 is 19.2 Å². The van der Waals surface area contributed by atoms with Crippen molar-refractivity contribution >= 4 is 34.7 Å². The number of nitro groups is 1. The number of Topliss-reactive ketones (excluding diaryl/α,β-unsaturated/α-hetero) is 1. The van der Waals surface area contributed by atoms with Gasteiger partial charge in [0.15, 0.2) is 0 Å². The summed E-state index contributed by atoms with van der Waals surface area (Å²) in [5.41, 5.74) is 6.10. The van der Waals surface area contributed by atoms with Gasteiger partial charge in [0.25, 0.3) is 11.6 Å². The van der Waals surface area contributed by atoms with E-state index in [1.54, 1.807) is 30.3 Å². The number of nitrogens with one attached hydrogen (secondary N) is 1. The maximum Gasteiger partial charge on any atom is 0.270 e. The van der Waals surface area contributed by atoms with E-state index in [4.69, 9.17) is 22.1 Å². The molecule has 0 atom stereocenters. The van der Waals surface area contributed by atoms with Gasteiger partial charge in [0.2, 0.25) is 5.78 Å². The van der Waals surface area contributed by atoms with E-state index in [9.17, 15) is 19.7 Å². The number of ketones is 1. The lowest BCUT2D eigenvalue weighted by atomic mass is 9.98. The molecule has 0 aromatic heterocycles. The third kappa shape index (κ3) is 5.26. The topological polar surface area (TPSA) is 128 Å². The molecule has 3 rings (SSSR count). The summed E-state index contributed by atoms with van der Waals surface area (Å²) >= 11 is 6.18. The number of carbonyl (C=O) groups excluding carboxylic acids is 2. The number of ether oxygens (including phenoxy) is 1. The summed E-state index contributed by atoms with van der Waals surface area (Å²) in [7, 11) is 0. The molecule has 1 heterocycles. The summed E-state index contributed by atoms with van der Waals surface area (Å²) < 4.78 is 5.35. The highest BCUT2D eigenvalue weighted by Crippen LogP contribution is 2.27. The summed E-state index contributed by atoms with van der Waals surface area (Å²) in [6, 6.07) is 12.1. The minimum absolute atomic E-state index is 0.000963. The molecule has 1 fully saturated rings. The molecule has 0 saturated carbocycles. The lowest BCUT2D eigenvalue weighted by Crippen LogP contribution is -2.40. The van der Waals surface area contributed by atoms with Crippen LogP contribution in [0.2, 0.25) is 5.02 Å². The average Bonchev–Trinajstić information content (AvgIpc) is 2.78. The fourth-order valence-electron chi connectivity index (χ4n) is 3.24. The van der Waals surface area contributed by atoms with Gasteiger partial charge in [0.1, 0.15) is 5.57 Å². The summed E-state index contributed by atoms with van der Waals surface area (Å²) in [6.07, 6.45) is 0. The van der Waals surface area contributed by atoms with E-state index in [0.29, 0.717) is 37.7 Å². The number of halogens is 1. The van der Waals surface area contributed by atoms with Gasteiger partial charge in [-0.15, -0.1) is 0 Å². The summed E-state index contributed by atoms with van der Waals surface area (Å²) in [4.78, 5) is 39.1. The van der Waals surface area contributed by atoms with E-state index in [0.717, 1.165) is 6.07 Å². The Morgan fingerprint density at radius 1 is 1.16 bits per heavy atom. The number of amides is 1. The summed E-state index contributed by atoms with van der Waals surface area (Å²) in [5, 5.41) is 13.9. The van der Waals surface area contributed by atoms with Crippen LogP contribution in [0.3, 0.4) is 0 Å². The standard InChI is InChI=1S/C21H21ClN4O5/c22-17-7-6-15(26(29)30)12-16(17)20(27)19(18(13-23)25-8-10-31-11-9-25)21(28)24-14-4-2-1-3-5-14/h1-7,12H,8-11,13,23H2,(H,24,28)/b19-18-. The number of morpholine rings is 1. The van der Waals surface area contributed by atoms with Gasteiger partial charge < -0.3 is 20.7 Å². The Morgan fingerprint density at radius 2 is 1.84 bits per heavy atom. The van der Waals surface area contributed by atoms with Crippen molar-refractivity contribution in [3.05, 3.63) is 80.5 Å². The smallest absolute Gasteiger partial charge is 0.270 e. The molecule has 1 aliphatic rings. The van der Waals surface area contributed by atoms with Gasteiger partial charge in [-0.1, -0.05) is 29.8 Å². The average molecular weight is 445 g/mol. The van der Waals surface area contributed by atoms with E-state index >= 15 is 0 Å². The van der Waals surface area contributed by atoms with E-state index in [1.165, 1.54) is 12.1 Å². The third-order valence-corrected chi connectivity index (χ3v) is 5.10. The van der Waals surface area contributed by atoms with Gasteiger partial charge in [-0.2, -0.15) is 0 Å². The lowest BCUT2D eigenvalue weighted by molar-refractivity contribution is -0.384. The van der Waals surface area contributed by atoms with Gasteiger partial charge in [0.05, 0.1) is 23.2 Å². The second kappa shape index (κ2) is 10.2. The van der Waals surface area contributed by atoms with Crippen LogP contribution < -0.4 is 11.1 Å². The lowest BCUT2D eigenvalue weighted by Gasteiger charge is -2.32. The van der Waals surface area contributed by atoms with Crippen LogP contribution in [0.1, 0.15) is 10.4 Å². The summed E-state index contributed by atoms with van der Waals surface area (Å²) in [6.45, 7) is 1.65. The highest BCUT2D eigenvalue weighted by molar-refractivity contribution is 6.38. The molecule has 2 aromatic carbocycles. The van der Waals surface area contributed by atoms with E-state index in [2.05, 4.69) is 5.32 Å².